The maximum absolute atomic E-state index is 13.7. The number of nitrogens with zero attached hydrogens (tertiary/aromatic N) is 1. The molecule has 0 aliphatic heterocycles. The van der Waals surface area contributed by atoms with E-state index < -0.39 is 17.7 Å². The molecule has 0 radical (unpaired) electrons. The molecule has 3 rings (SSSR count). The van der Waals surface area contributed by atoms with Crippen LogP contribution in [0.25, 0.3) is 10.8 Å². The molecule has 1 heterocycles. The van der Waals surface area contributed by atoms with Crippen molar-refractivity contribution >= 4 is 10.8 Å². The van der Waals surface area contributed by atoms with Crippen LogP contribution in [-0.4, -0.2) is 4.98 Å². The molecule has 3 aromatic rings. The van der Waals surface area contributed by atoms with Crippen LogP contribution in [0, 0.1) is 11.6 Å². The Balaban J connectivity index is 2.00. The first-order chi connectivity index (χ1) is 10.2. The number of hydrogen-bond acceptors (Lipinski definition) is 2. The Bertz CT molecular complexity index is 761. The summed E-state index contributed by atoms with van der Waals surface area (Å²) in [6, 6.07) is 10.9. The molecule has 1 aromatic heterocycles. The van der Waals surface area contributed by atoms with Crippen molar-refractivity contribution in [3.63, 3.8) is 0 Å². The first-order valence-electron chi connectivity index (χ1n) is 6.68. The van der Waals surface area contributed by atoms with Gasteiger partial charge in [0, 0.05) is 29.4 Å². The third-order valence-electron chi connectivity index (χ3n) is 3.60. The van der Waals surface area contributed by atoms with Crippen LogP contribution in [0.1, 0.15) is 17.2 Å². The molecule has 1 unspecified atom stereocenters. The fourth-order valence-corrected chi connectivity index (χ4v) is 2.52. The third-order valence-corrected chi connectivity index (χ3v) is 3.60. The first kappa shape index (κ1) is 13.6. The summed E-state index contributed by atoms with van der Waals surface area (Å²) in [6.45, 7) is 0. The summed E-state index contributed by atoms with van der Waals surface area (Å²) in [5, 5.41) is 1.91. The molecule has 21 heavy (non-hydrogen) atoms. The number of halogens is 2. The maximum Gasteiger partial charge on any atom is 0.129 e. The Morgan fingerprint density at radius 3 is 2.48 bits per heavy atom. The molecule has 0 saturated heterocycles. The lowest BCUT2D eigenvalue weighted by molar-refractivity contribution is 0.540. The third kappa shape index (κ3) is 2.62. The molecule has 2 N–H and O–H groups in total. The average molecular weight is 284 g/mol. The van der Waals surface area contributed by atoms with E-state index >= 15 is 0 Å². The fraction of sp³-hybridized carbons (Fsp3) is 0.118. The Kier molecular flexibility index (Phi) is 3.62. The van der Waals surface area contributed by atoms with E-state index in [2.05, 4.69) is 4.98 Å². The number of fused-ring (bicyclic) bond motifs is 1. The Morgan fingerprint density at radius 2 is 1.71 bits per heavy atom. The van der Waals surface area contributed by atoms with Crippen LogP contribution < -0.4 is 5.73 Å². The molecule has 2 aromatic carbocycles. The van der Waals surface area contributed by atoms with Crippen LogP contribution >= 0.6 is 0 Å². The lowest BCUT2D eigenvalue weighted by Crippen LogP contribution is -2.15. The predicted molar refractivity (Wildman–Crippen MR) is 78.7 cm³/mol. The van der Waals surface area contributed by atoms with Gasteiger partial charge in [0.2, 0.25) is 0 Å². The summed E-state index contributed by atoms with van der Waals surface area (Å²) in [7, 11) is 0. The van der Waals surface area contributed by atoms with E-state index in [4.69, 9.17) is 5.73 Å². The van der Waals surface area contributed by atoms with Crippen LogP contribution in [0.15, 0.2) is 54.9 Å². The zero-order valence-corrected chi connectivity index (χ0v) is 11.3. The van der Waals surface area contributed by atoms with Crippen molar-refractivity contribution in [2.45, 2.75) is 12.5 Å². The van der Waals surface area contributed by atoms with Gasteiger partial charge in [-0.05, 0) is 35.6 Å². The molecule has 0 saturated carbocycles. The van der Waals surface area contributed by atoms with Gasteiger partial charge in [-0.15, -0.1) is 0 Å². The summed E-state index contributed by atoms with van der Waals surface area (Å²) in [5.41, 5.74) is 7.03. The van der Waals surface area contributed by atoms with Crippen LogP contribution in [0.4, 0.5) is 8.78 Å². The van der Waals surface area contributed by atoms with Gasteiger partial charge >= 0.3 is 0 Å². The number of pyridine rings is 1. The van der Waals surface area contributed by atoms with E-state index in [1.807, 2.05) is 24.3 Å². The van der Waals surface area contributed by atoms with Crippen molar-refractivity contribution in [2.24, 2.45) is 5.73 Å². The van der Waals surface area contributed by atoms with Gasteiger partial charge in [-0.25, -0.2) is 8.78 Å². The van der Waals surface area contributed by atoms with Crippen molar-refractivity contribution in [1.29, 1.82) is 0 Å². The van der Waals surface area contributed by atoms with Crippen LogP contribution in [0.3, 0.4) is 0 Å². The topological polar surface area (TPSA) is 38.9 Å². The number of nitrogens with two attached hydrogens (primary N) is 1. The monoisotopic (exact) mass is 284 g/mol. The number of hydrogen-bond donors (Lipinski definition) is 1. The number of aromatic nitrogens is 1. The maximum atomic E-state index is 13.7. The average Bonchev–Trinajstić information content (AvgIpc) is 2.50. The molecular weight excluding hydrogens is 270 g/mol. The summed E-state index contributed by atoms with van der Waals surface area (Å²) in [6.07, 6.45) is 3.53. The number of benzene rings is 2. The standard InChI is InChI=1S/C17H14F2N2/c18-15-5-2-6-16(19)13(15)9-17(20)12-4-1-3-11-7-8-21-10-14(11)12/h1-8,10,17H,9,20H2. The lowest BCUT2D eigenvalue weighted by atomic mass is 9.95. The summed E-state index contributed by atoms with van der Waals surface area (Å²) < 4.78 is 27.5. The zero-order valence-electron chi connectivity index (χ0n) is 11.3. The van der Waals surface area contributed by atoms with E-state index in [-0.39, 0.29) is 12.0 Å². The van der Waals surface area contributed by atoms with Crippen molar-refractivity contribution in [3.8, 4) is 0 Å². The van der Waals surface area contributed by atoms with Crippen LogP contribution in [-0.2, 0) is 6.42 Å². The van der Waals surface area contributed by atoms with E-state index in [1.54, 1.807) is 12.4 Å². The minimum absolute atomic E-state index is 0.0193. The highest BCUT2D eigenvalue weighted by Gasteiger charge is 2.16. The highest BCUT2D eigenvalue weighted by atomic mass is 19.1. The van der Waals surface area contributed by atoms with E-state index in [0.29, 0.717) is 0 Å². The van der Waals surface area contributed by atoms with Gasteiger partial charge in [0.25, 0.3) is 0 Å². The lowest BCUT2D eigenvalue weighted by Gasteiger charge is -2.15. The molecule has 0 fully saturated rings. The second kappa shape index (κ2) is 5.58. The predicted octanol–water partition coefficient (Wildman–Crippen LogP) is 3.76. The minimum atomic E-state index is -0.566. The highest BCUT2D eigenvalue weighted by Crippen LogP contribution is 2.26. The molecule has 106 valence electrons. The molecule has 0 spiro atoms. The Morgan fingerprint density at radius 1 is 1.00 bits per heavy atom. The molecular formula is C17H14F2N2. The van der Waals surface area contributed by atoms with E-state index in [0.717, 1.165) is 16.3 Å². The molecule has 0 aliphatic rings. The van der Waals surface area contributed by atoms with Crippen molar-refractivity contribution in [3.05, 3.63) is 77.6 Å². The van der Waals surface area contributed by atoms with Gasteiger partial charge in [-0.1, -0.05) is 24.3 Å². The highest BCUT2D eigenvalue weighted by molar-refractivity contribution is 5.85. The largest absolute Gasteiger partial charge is 0.324 e. The molecule has 0 bridgehead atoms. The van der Waals surface area contributed by atoms with E-state index in [1.165, 1.54) is 18.2 Å². The zero-order chi connectivity index (χ0) is 14.8. The SMILES string of the molecule is NC(Cc1c(F)cccc1F)c1cccc2ccncc12. The number of rotatable bonds is 3. The molecule has 0 aliphatic carbocycles. The van der Waals surface area contributed by atoms with Crippen molar-refractivity contribution in [2.75, 3.05) is 0 Å². The summed E-state index contributed by atoms with van der Waals surface area (Å²) in [4.78, 5) is 4.09. The van der Waals surface area contributed by atoms with Gasteiger partial charge in [-0.3, -0.25) is 4.98 Å². The summed E-state index contributed by atoms with van der Waals surface area (Å²) in [5.74, 6) is -1.13. The van der Waals surface area contributed by atoms with Gasteiger partial charge in [0.05, 0.1) is 0 Å². The van der Waals surface area contributed by atoms with Crippen molar-refractivity contribution < 1.29 is 8.78 Å². The molecule has 0 amide bonds. The quantitative estimate of drug-likeness (QED) is 0.795. The van der Waals surface area contributed by atoms with Gasteiger partial charge in [0.15, 0.2) is 0 Å². The summed E-state index contributed by atoms with van der Waals surface area (Å²) >= 11 is 0. The van der Waals surface area contributed by atoms with Crippen LogP contribution in [0.5, 0.6) is 0 Å². The molecule has 1 atom stereocenters. The van der Waals surface area contributed by atoms with Crippen molar-refractivity contribution in [1.82, 2.24) is 4.98 Å². The van der Waals surface area contributed by atoms with E-state index in [9.17, 15) is 8.78 Å². The van der Waals surface area contributed by atoms with Gasteiger partial charge < -0.3 is 5.73 Å². The second-order valence-corrected chi connectivity index (χ2v) is 4.95. The molecule has 2 nitrogen and oxygen atoms in total. The van der Waals surface area contributed by atoms with Crippen LogP contribution in [0.2, 0.25) is 0 Å². The minimum Gasteiger partial charge on any atom is -0.324 e. The van der Waals surface area contributed by atoms with Gasteiger partial charge in [-0.2, -0.15) is 0 Å². The Hall–Kier alpha value is -2.33. The Labute approximate surface area is 121 Å². The van der Waals surface area contributed by atoms with Gasteiger partial charge in [0.1, 0.15) is 11.6 Å². The smallest absolute Gasteiger partial charge is 0.129 e. The normalized spacial score (nSPS) is 12.5. The molecule has 4 heteroatoms. The second-order valence-electron chi connectivity index (χ2n) is 4.95. The first-order valence-corrected chi connectivity index (χ1v) is 6.68. The fourth-order valence-electron chi connectivity index (χ4n) is 2.52.